The van der Waals surface area contributed by atoms with E-state index in [0.717, 1.165) is 63.7 Å². The van der Waals surface area contributed by atoms with E-state index in [4.69, 9.17) is 4.74 Å². The molecule has 0 saturated carbocycles. The number of urea groups is 1. The van der Waals surface area contributed by atoms with Crippen LogP contribution < -0.4 is 10.1 Å². The Kier molecular flexibility index (Phi) is 6.15. The van der Waals surface area contributed by atoms with E-state index in [1.165, 1.54) is 6.42 Å². The van der Waals surface area contributed by atoms with Crippen molar-refractivity contribution in [1.82, 2.24) is 14.7 Å². The van der Waals surface area contributed by atoms with Crippen molar-refractivity contribution in [3.63, 3.8) is 0 Å². The molecule has 1 atom stereocenters. The molecule has 1 aromatic rings. The van der Waals surface area contributed by atoms with E-state index in [0.29, 0.717) is 5.92 Å². The summed E-state index contributed by atoms with van der Waals surface area (Å²) in [6, 6.07) is 7.51. The number of ether oxygens (including phenoxy) is 1. The van der Waals surface area contributed by atoms with Crippen LogP contribution in [-0.4, -0.2) is 80.7 Å². The van der Waals surface area contributed by atoms with Gasteiger partial charge in [0, 0.05) is 57.6 Å². The fourth-order valence-corrected chi connectivity index (χ4v) is 3.70. The van der Waals surface area contributed by atoms with Crippen molar-refractivity contribution in [3.8, 4) is 5.75 Å². The first-order chi connectivity index (χ1) is 12.1. The Bertz CT molecular complexity index is 572. The Balaban J connectivity index is 1.50. The number of amides is 2. The topological polar surface area (TPSA) is 48.1 Å². The van der Waals surface area contributed by atoms with Crippen LogP contribution in [0.1, 0.15) is 12.8 Å². The number of nitrogens with one attached hydrogen (secondary N) is 1. The van der Waals surface area contributed by atoms with Crippen LogP contribution in [0.5, 0.6) is 5.75 Å². The highest BCUT2D eigenvalue weighted by atomic mass is 16.5. The molecule has 1 aromatic carbocycles. The van der Waals surface area contributed by atoms with Gasteiger partial charge in [-0.3, -0.25) is 0 Å². The molecule has 138 valence electrons. The minimum Gasteiger partial charge on any atom is -0.497 e. The zero-order chi connectivity index (χ0) is 17.6. The average molecular weight is 346 g/mol. The van der Waals surface area contributed by atoms with Crippen molar-refractivity contribution >= 4 is 11.7 Å². The number of benzene rings is 1. The normalized spacial score (nSPS) is 22.6. The predicted octanol–water partition coefficient (Wildman–Crippen LogP) is 2.19. The maximum Gasteiger partial charge on any atom is 0.321 e. The van der Waals surface area contributed by atoms with Gasteiger partial charge in [-0.1, -0.05) is 6.07 Å². The summed E-state index contributed by atoms with van der Waals surface area (Å²) in [5, 5.41) is 3.00. The van der Waals surface area contributed by atoms with Crippen LogP contribution in [0.25, 0.3) is 0 Å². The molecule has 2 amide bonds. The van der Waals surface area contributed by atoms with Gasteiger partial charge in [0.2, 0.25) is 0 Å². The summed E-state index contributed by atoms with van der Waals surface area (Å²) in [6.45, 7) is 7.37. The molecule has 0 aliphatic carbocycles. The molecule has 6 nitrogen and oxygen atoms in total. The highest BCUT2D eigenvalue weighted by Gasteiger charge is 2.26. The number of anilines is 1. The number of hydrogen-bond acceptors (Lipinski definition) is 4. The molecule has 0 unspecified atom stereocenters. The Morgan fingerprint density at radius 2 is 2.04 bits per heavy atom. The minimum absolute atomic E-state index is 0.00340. The van der Waals surface area contributed by atoms with Crippen LogP contribution in [0, 0.1) is 5.92 Å². The smallest absolute Gasteiger partial charge is 0.321 e. The van der Waals surface area contributed by atoms with Crippen LogP contribution in [-0.2, 0) is 0 Å². The standard InChI is InChI=1S/C19H30N4O2/c1-21-9-11-22(12-10-21)14-16-5-4-8-23(15-16)19(24)20-17-6-3-7-18(13-17)25-2/h3,6-7,13,16H,4-5,8-12,14-15H2,1-2H3,(H,20,24)/t16-/m0/s1. The fourth-order valence-electron chi connectivity index (χ4n) is 3.70. The second-order valence-electron chi connectivity index (χ2n) is 7.22. The van der Waals surface area contributed by atoms with Gasteiger partial charge in [-0.25, -0.2) is 4.79 Å². The first kappa shape index (κ1) is 18.0. The molecule has 3 rings (SSSR count). The number of carbonyl (C=O) groups excluding carboxylic acids is 1. The number of likely N-dealkylation sites (N-methyl/N-ethyl adjacent to an activating group) is 1. The number of methoxy groups -OCH3 is 1. The number of piperidine rings is 1. The van der Waals surface area contributed by atoms with E-state index < -0.39 is 0 Å². The number of nitrogens with zero attached hydrogens (tertiary/aromatic N) is 3. The Labute approximate surface area is 150 Å². The molecule has 2 fully saturated rings. The van der Waals surface area contributed by atoms with Gasteiger partial charge in [-0.15, -0.1) is 0 Å². The molecule has 0 aromatic heterocycles. The van der Waals surface area contributed by atoms with Crippen molar-refractivity contribution < 1.29 is 9.53 Å². The lowest BCUT2D eigenvalue weighted by Gasteiger charge is -2.38. The van der Waals surface area contributed by atoms with Gasteiger partial charge in [0.25, 0.3) is 0 Å². The van der Waals surface area contributed by atoms with E-state index >= 15 is 0 Å². The summed E-state index contributed by atoms with van der Waals surface area (Å²) in [5.41, 5.74) is 0.783. The summed E-state index contributed by atoms with van der Waals surface area (Å²) in [5.74, 6) is 1.33. The molecular formula is C19H30N4O2. The molecule has 2 saturated heterocycles. The Morgan fingerprint density at radius 1 is 1.24 bits per heavy atom. The second-order valence-corrected chi connectivity index (χ2v) is 7.22. The third-order valence-corrected chi connectivity index (χ3v) is 5.24. The molecule has 2 aliphatic rings. The zero-order valence-electron chi connectivity index (χ0n) is 15.4. The number of carbonyl (C=O) groups is 1. The number of likely N-dealkylation sites (tertiary alicyclic amines) is 1. The van der Waals surface area contributed by atoms with Crippen LogP contribution >= 0.6 is 0 Å². The van der Waals surface area contributed by atoms with E-state index in [2.05, 4.69) is 22.2 Å². The Hall–Kier alpha value is -1.79. The lowest BCUT2D eigenvalue weighted by atomic mass is 9.97. The second kappa shape index (κ2) is 8.54. The summed E-state index contributed by atoms with van der Waals surface area (Å²) < 4.78 is 5.22. The van der Waals surface area contributed by atoms with Gasteiger partial charge in [0.1, 0.15) is 5.75 Å². The molecule has 0 bridgehead atoms. The van der Waals surface area contributed by atoms with Gasteiger partial charge in [-0.2, -0.15) is 0 Å². The minimum atomic E-state index is -0.00340. The summed E-state index contributed by atoms with van der Waals surface area (Å²) in [4.78, 5) is 19.5. The van der Waals surface area contributed by atoms with Crippen LogP contribution in [0.4, 0.5) is 10.5 Å². The number of hydrogen-bond donors (Lipinski definition) is 1. The molecule has 2 heterocycles. The number of rotatable bonds is 4. The summed E-state index contributed by atoms with van der Waals surface area (Å²) >= 11 is 0. The molecule has 2 aliphatic heterocycles. The highest BCUT2D eigenvalue weighted by Crippen LogP contribution is 2.21. The summed E-state index contributed by atoms with van der Waals surface area (Å²) in [7, 11) is 3.82. The highest BCUT2D eigenvalue weighted by molar-refractivity contribution is 5.89. The average Bonchev–Trinajstić information content (AvgIpc) is 2.64. The fraction of sp³-hybridized carbons (Fsp3) is 0.632. The third-order valence-electron chi connectivity index (χ3n) is 5.24. The van der Waals surface area contributed by atoms with Crippen molar-refractivity contribution in [2.45, 2.75) is 12.8 Å². The quantitative estimate of drug-likeness (QED) is 0.908. The molecular weight excluding hydrogens is 316 g/mol. The van der Waals surface area contributed by atoms with Gasteiger partial charge in [-0.05, 0) is 37.9 Å². The van der Waals surface area contributed by atoms with E-state index in [9.17, 15) is 4.79 Å². The molecule has 6 heteroatoms. The van der Waals surface area contributed by atoms with Crippen LogP contribution in [0.3, 0.4) is 0 Å². The van der Waals surface area contributed by atoms with Crippen molar-refractivity contribution in [2.75, 3.05) is 65.3 Å². The molecule has 0 spiro atoms. The molecule has 1 N–H and O–H groups in total. The zero-order valence-corrected chi connectivity index (χ0v) is 15.4. The van der Waals surface area contributed by atoms with Crippen LogP contribution in [0.2, 0.25) is 0 Å². The lowest BCUT2D eigenvalue weighted by molar-refractivity contribution is 0.109. The number of piperazine rings is 1. The van der Waals surface area contributed by atoms with Gasteiger partial charge in [0.15, 0.2) is 0 Å². The van der Waals surface area contributed by atoms with Gasteiger partial charge < -0.3 is 24.8 Å². The first-order valence-electron chi connectivity index (χ1n) is 9.25. The maximum absolute atomic E-state index is 12.6. The van der Waals surface area contributed by atoms with E-state index in [1.807, 2.05) is 29.2 Å². The van der Waals surface area contributed by atoms with Gasteiger partial charge in [0.05, 0.1) is 7.11 Å². The summed E-state index contributed by atoms with van der Waals surface area (Å²) in [6.07, 6.45) is 2.30. The Morgan fingerprint density at radius 3 is 2.80 bits per heavy atom. The molecule has 25 heavy (non-hydrogen) atoms. The monoisotopic (exact) mass is 346 g/mol. The largest absolute Gasteiger partial charge is 0.497 e. The third kappa shape index (κ3) is 5.09. The molecule has 0 radical (unpaired) electrons. The predicted molar refractivity (Wildman–Crippen MR) is 100 cm³/mol. The maximum atomic E-state index is 12.6. The van der Waals surface area contributed by atoms with Crippen molar-refractivity contribution in [1.29, 1.82) is 0 Å². The first-order valence-corrected chi connectivity index (χ1v) is 9.25. The SMILES string of the molecule is COc1cccc(NC(=O)N2CCC[C@@H](CN3CCN(C)CC3)C2)c1. The lowest BCUT2D eigenvalue weighted by Crippen LogP contribution is -2.49. The van der Waals surface area contributed by atoms with Crippen LogP contribution in [0.15, 0.2) is 24.3 Å². The van der Waals surface area contributed by atoms with Crippen molar-refractivity contribution in [2.24, 2.45) is 5.92 Å². The van der Waals surface area contributed by atoms with Gasteiger partial charge >= 0.3 is 6.03 Å². The van der Waals surface area contributed by atoms with Crippen molar-refractivity contribution in [3.05, 3.63) is 24.3 Å². The van der Waals surface area contributed by atoms with E-state index in [1.54, 1.807) is 7.11 Å². The van der Waals surface area contributed by atoms with E-state index in [-0.39, 0.29) is 6.03 Å².